The second-order valence-corrected chi connectivity index (χ2v) is 8.26. The van der Waals surface area contributed by atoms with Gasteiger partial charge in [-0.1, -0.05) is 31.5 Å². The molecule has 0 amide bonds. The number of ether oxygens (including phenoxy) is 3. The van der Waals surface area contributed by atoms with Crippen LogP contribution < -0.4 is 10.1 Å². The fourth-order valence-corrected chi connectivity index (χ4v) is 4.66. The van der Waals surface area contributed by atoms with Crippen molar-refractivity contribution in [1.82, 2.24) is 5.32 Å². The molecule has 140 valence electrons. The van der Waals surface area contributed by atoms with E-state index in [2.05, 4.69) is 32.2 Å². The standard InChI is InChI=1S/C21H33NO3/c1-14-10-11-16-19(12-14)25-20(22-21(16,2)3)13-18(24-5)15-8-6-7-9-17(15)23-4/h6-9,14,16,18-20,22H,10-13H2,1-5H3/t14-,16-,18-,19-,20+/m1/s1. The summed E-state index contributed by atoms with van der Waals surface area (Å²) in [5.41, 5.74) is 1.17. The zero-order valence-corrected chi connectivity index (χ0v) is 16.2. The molecule has 1 aliphatic carbocycles. The van der Waals surface area contributed by atoms with Gasteiger partial charge in [0.05, 0.1) is 19.3 Å². The molecule has 25 heavy (non-hydrogen) atoms. The Morgan fingerprint density at radius 3 is 2.72 bits per heavy atom. The average molecular weight is 347 g/mol. The second-order valence-electron chi connectivity index (χ2n) is 8.26. The molecule has 1 heterocycles. The van der Waals surface area contributed by atoms with Crippen molar-refractivity contribution in [3.05, 3.63) is 29.8 Å². The number of hydrogen-bond acceptors (Lipinski definition) is 4. The SMILES string of the molecule is COc1ccccc1[C@@H](C[C@H]1NC(C)(C)[C@@H]2CC[C@@H](C)C[C@H]2O1)OC. The molecule has 0 unspecified atom stereocenters. The van der Waals surface area contributed by atoms with Gasteiger partial charge < -0.3 is 14.2 Å². The molecule has 3 rings (SSSR count). The van der Waals surface area contributed by atoms with Crippen molar-refractivity contribution in [2.45, 2.75) is 70.4 Å². The predicted octanol–water partition coefficient (Wildman–Crippen LogP) is 4.30. The third-order valence-corrected chi connectivity index (χ3v) is 6.05. The van der Waals surface area contributed by atoms with Crippen LogP contribution in [0.15, 0.2) is 24.3 Å². The first-order chi connectivity index (χ1) is 11.9. The lowest BCUT2D eigenvalue weighted by Crippen LogP contribution is -2.62. The fourth-order valence-electron chi connectivity index (χ4n) is 4.66. The summed E-state index contributed by atoms with van der Waals surface area (Å²) >= 11 is 0. The van der Waals surface area contributed by atoms with Crippen molar-refractivity contribution in [2.24, 2.45) is 11.8 Å². The molecular weight excluding hydrogens is 314 g/mol. The maximum absolute atomic E-state index is 6.49. The Hall–Kier alpha value is -1.10. The highest BCUT2D eigenvalue weighted by atomic mass is 16.5. The van der Waals surface area contributed by atoms with Gasteiger partial charge in [0.15, 0.2) is 0 Å². The average Bonchev–Trinajstić information content (AvgIpc) is 2.58. The highest BCUT2D eigenvalue weighted by Crippen LogP contribution is 2.42. The topological polar surface area (TPSA) is 39.7 Å². The maximum Gasteiger partial charge on any atom is 0.124 e. The van der Waals surface area contributed by atoms with Gasteiger partial charge in [-0.15, -0.1) is 0 Å². The van der Waals surface area contributed by atoms with Gasteiger partial charge in [0.1, 0.15) is 12.0 Å². The summed E-state index contributed by atoms with van der Waals surface area (Å²) in [6, 6.07) is 8.08. The summed E-state index contributed by atoms with van der Waals surface area (Å²) < 4.78 is 17.8. The number of nitrogens with one attached hydrogen (secondary N) is 1. The first-order valence-electron chi connectivity index (χ1n) is 9.53. The van der Waals surface area contributed by atoms with Crippen LogP contribution in [-0.4, -0.2) is 32.1 Å². The molecule has 5 atom stereocenters. The van der Waals surface area contributed by atoms with Crippen molar-refractivity contribution < 1.29 is 14.2 Å². The molecule has 4 heteroatoms. The number of methoxy groups -OCH3 is 2. The molecule has 0 radical (unpaired) electrons. The molecule has 1 aromatic carbocycles. The number of para-hydroxylation sites is 1. The van der Waals surface area contributed by atoms with Crippen LogP contribution in [0.4, 0.5) is 0 Å². The van der Waals surface area contributed by atoms with Crippen molar-refractivity contribution in [1.29, 1.82) is 0 Å². The van der Waals surface area contributed by atoms with Crippen LogP contribution in [0.1, 0.15) is 58.1 Å². The van der Waals surface area contributed by atoms with E-state index in [1.807, 2.05) is 18.2 Å². The van der Waals surface area contributed by atoms with E-state index in [4.69, 9.17) is 14.2 Å². The molecule has 1 aliphatic heterocycles. The van der Waals surface area contributed by atoms with Crippen LogP contribution in [0.2, 0.25) is 0 Å². The molecule has 0 bridgehead atoms. The Morgan fingerprint density at radius 2 is 2.00 bits per heavy atom. The second kappa shape index (κ2) is 7.65. The highest BCUT2D eigenvalue weighted by Gasteiger charge is 2.45. The fraction of sp³-hybridized carbons (Fsp3) is 0.714. The number of benzene rings is 1. The van der Waals surface area contributed by atoms with E-state index < -0.39 is 0 Å². The van der Waals surface area contributed by atoms with Crippen LogP contribution in [0.25, 0.3) is 0 Å². The molecule has 1 saturated carbocycles. The van der Waals surface area contributed by atoms with E-state index in [1.165, 1.54) is 19.3 Å². The zero-order valence-electron chi connectivity index (χ0n) is 16.2. The van der Waals surface area contributed by atoms with E-state index in [-0.39, 0.29) is 17.9 Å². The summed E-state index contributed by atoms with van der Waals surface area (Å²) in [4.78, 5) is 0. The monoisotopic (exact) mass is 347 g/mol. The van der Waals surface area contributed by atoms with Crippen molar-refractivity contribution in [2.75, 3.05) is 14.2 Å². The van der Waals surface area contributed by atoms with E-state index in [1.54, 1.807) is 14.2 Å². The molecule has 4 nitrogen and oxygen atoms in total. The number of hydrogen-bond donors (Lipinski definition) is 1. The van der Waals surface area contributed by atoms with Crippen molar-refractivity contribution in [3.8, 4) is 5.75 Å². The van der Waals surface area contributed by atoms with Gasteiger partial charge in [-0.3, -0.25) is 5.32 Å². The normalized spacial score (nSPS) is 32.7. The molecule has 1 aromatic rings. The highest BCUT2D eigenvalue weighted by molar-refractivity contribution is 5.35. The number of fused-ring (bicyclic) bond motifs is 1. The first kappa shape index (κ1) is 18.7. The quantitative estimate of drug-likeness (QED) is 0.862. The first-order valence-corrected chi connectivity index (χ1v) is 9.53. The summed E-state index contributed by atoms with van der Waals surface area (Å²) in [7, 11) is 3.47. The van der Waals surface area contributed by atoms with Crippen LogP contribution in [0.3, 0.4) is 0 Å². The summed E-state index contributed by atoms with van der Waals surface area (Å²) in [6.07, 6.45) is 4.79. The Labute approximate surface area is 152 Å². The third kappa shape index (κ3) is 4.02. The minimum absolute atomic E-state index is 0.00332. The van der Waals surface area contributed by atoms with Gasteiger partial charge in [-0.2, -0.15) is 0 Å². The smallest absolute Gasteiger partial charge is 0.124 e. The predicted molar refractivity (Wildman–Crippen MR) is 99.7 cm³/mol. The van der Waals surface area contributed by atoms with Crippen LogP contribution in [0.5, 0.6) is 5.75 Å². The van der Waals surface area contributed by atoms with Crippen LogP contribution >= 0.6 is 0 Å². The largest absolute Gasteiger partial charge is 0.496 e. The van der Waals surface area contributed by atoms with E-state index in [0.717, 1.165) is 23.7 Å². The Kier molecular flexibility index (Phi) is 5.71. The van der Waals surface area contributed by atoms with Gasteiger partial charge >= 0.3 is 0 Å². The minimum Gasteiger partial charge on any atom is -0.496 e. The van der Waals surface area contributed by atoms with E-state index in [9.17, 15) is 0 Å². The van der Waals surface area contributed by atoms with E-state index >= 15 is 0 Å². The van der Waals surface area contributed by atoms with Gasteiger partial charge in [-0.25, -0.2) is 0 Å². The zero-order chi connectivity index (χ0) is 18.0. The lowest BCUT2D eigenvalue weighted by Gasteiger charge is -2.51. The van der Waals surface area contributed by atoms with Crippen molar-refractivity contribution in [3.63, 3.8) is 0 Å². The Morgan fingerprint density at radius 1 is 1.24 bits per heavy atom. The molecule has 0 spiro atoms. The number of rotatable bonds is 5. The molecule has 0 aromatic heterocycles. The minimum atomic E-state index is -0.0537. The molecular formula is C21H33NO3. The maximum atomic E-state index is 6.49. The Bertz CT molecular complexity index is 574. The summed E-state index contributed by atoms with van der Waals surface area (Å²) in [5.74, 6) is 2.21. The molecule has 1 saturated heterocycles. The molecule has 2 aliphatic rings. The van der Waals surface area contributed by atoms with Crippen molar-refractivity contribution >= 4 is 0 Å². The Balaban J connectivity index is 1.75. The van der Waals surface area contributed by atoms with Crippen LogP contribution in [-0.2, 0) is 9.47 Å². The van der Waals surface area contributed by atoms with E-state index in [0.29, 0.717) is 12.0 Å². The molecule has 2 fully saturated rings. The lowest BCUT2D eigenvalue weighted by atomic mass is 9.70. The van der Waals surface area contributed by atoms with Gasteiger partial charge in [0, 0.05) is 30.6 Å². The van der Waals surface area contributed by atoms with Gasteiger partial charge in [-0.05, 0) is 38.7 Å². The van der Waals surface area contributed by atoms with Crippen LogP contribution in [0, 0.1) is 11.8 Å². The lowest BCUT2D eigenvalue weighted by molar-refractivity contribution is -0.165. The third-order valence-electron chi connectivity index (χ3n) is 6.05. The molecule has 1 N–H and O–H groups in total. The van der Waals surface area contributed by atoms with Gasteiger partial charge in [0.2, 0.25) is 0 Å². The summed E-state index contributed by atoms with van der Waals surface area (Å²) in [6.45, 7) is 6.98. The van der Waals surface area contributed by atoms with Gasteiger partial charge in [0.25, 0.3) is 0 Å². The summed E-state index contributed by atoms with van der Waals surface area (Å²) in [5, 5.41) is 3.74.